The summed E-state index contributed by atoms with van der Waals surface area (Å²) in [6.07, 6.45) is 3.27. The molecule has 0 fully saturated rings. The predicted octanol–water partition coefficient (Wildman–Crippen LogP) is 1.93. The van der Waals surface area contributed by atoms with Crippen LogP contribution in [0.4, 0.5) is 0 Å². The first-order chi connectivity index (χ1) is 9.21. The lowest BCUT2D eigenvalue weighted by Gasteiger charge is -2.14. The van der Waals surface area contributed by atoms with Crippen LogP contribution in [0.5, 0.6) is 11.5 Å². The van der Waals surface area contributed by atoms with Crippen molar-refractivity contribution < 1.29 is 9.47 Å². The lowest BCUT2D eigenvalue weighted by atomic mass is 10.0. The van der Waals surface area contributed by atoms with Crippen LogP contribution in [0.3, 0.4) is 0 Å². The third kappa shape index (κ3) is 2.51. The Morgan fingerprint density at radius 3 is 2.37 bits per heavy atom. The molecular formula is C14H17N3O2. The molecule has 0 atom stereocenters. The Kier molecular flexibility index (Phi) is 3.97. The molecule has 2 rings (SSSR count). The minimum Gasteiger partial charge on any atom is -0.496 e. The van der Waals surface area contributed by atoms with Crippen LogP contribution < -0.4 is 15.2 Å². The third-order valence-corrected chi connectivity index (χ3v) is 2.94. The molecule has 5 nitrogen and oxygen atoms in total. The molecule has 0 bridgehead atoms. The Bertz CT molecular complexity index is 585. The van der Waals surface area contributed by atoms with E-state index in [-0.39, 0.29) is 0 Å². The van der Waals surface area contributed by atoms with Crippen LogP contribution in [-0.4, -0.2) is 24.2 Å². The van der Waals surface area contributed by atoms with E-state index in [0.717, 1.165) is 34.0 Å². The van der Waals surface area contributed by atoms with Gasteiger partial charge in [-0.15, -0.1) is 0 Å². The summed E-state index contributed by atoms with van der Waals surface area (Å²) in [5.74, 6) is 1.51. The van der Waals surface area contributed by atoms with Crippen molar-refractivity contribution in [2.24, 2.45) is 5.73 Å². The Hall–Kier alpha value is -2.14. The van der Waals surface area contributed by atoms with Gasteiger partial charge in [-0.25, -0.2) is 0 Å². The predicted molar refractivity (Wildman–Crippen MR) is 73.2 cm³/mol. The average molecular weight is 259 g/mol. The molecule has 0 unspecified atom stereocenters. The van der Waals surface area contributed by atoms with E-state index in [4.69, 9.17) is 15.2 Å². The summed E-state index contributed by atoms with van der Waals surface area (Å²) in [6, 6.07) is 3.82. The van der Waals surface area contributed by atoms with E-state index >= 15 is 0 Å². The highest BCUT2D eigenvalue weighted by Gasteiger charge is 2.15. The first-order valence-electron chi connectivity index (χ1n) is 5.94. The SMILES string of the molecule is COc1cc(-c2nccnc2CN)c(OC)cc1C. The molecule has 100 valence electrons. The molecule has 2 aromatic rings. The molecule has 0 saturated carbocycles. The highest BCUT2D eigenvalue weighted by molar-refractivity contribution is 5.71. The van der Waals surface area contributed by atoms with E-state index in [0.29, 0.717) is 6.54 Å². The lowest BCUT2D eigenvalue weighted by Crippen LogP contribution is -2.04. The van der Waals surface area contributed by atoms with E-state index in [2.05, 4.69) is 9.97 Å². The van der Waals surface area contributed by atoms with Crippen LogP contribution in [-0.2, 0) is 6.54 Å². The third-order valence-electron chi connectivity index (χ3n) is 2.94. The van der Waals surface area contributed by atoms with E-state index < -0.39 is 0 Å². The van der Waals surface area contributed by atoms with E-state index in [1.807, 2.05) is 19.1 Å². The van der Waals surface area contributed by atoms with Crippen molar-refractivity contribution in [3.63, 3.8) is 0 Å². The molecule has 0 amide bonds. The second kappa shape index (κ2) is 5.67. The minimum atomic E-state index is 0.322. The molecule has 0 aliphatic carbocycles. The van der Waals surface area contributed by atoms with Crippen molar-refractivity contribution in [3.8, 4) is 22.8 Å². The number of aryl methyl sites for hydroxylation is 1. The standard InChI is InChI=1S/C14H17N3O2/c1-9-6-13(19-3)10(7-12(9)18-2)14-11(8-15)16-4-5-17-14/h4-7H,8,15H2,1-3H3. The normalized spacial score (nSPS) is 10.3. The van der Waals surface area contributed by atoms with Crippen molar-refractivity contribution in [1.29, 1.82) is 0 Å². The first-order valence-corrected chi connectivity index (χ1v) is 5.94. The summed E-state index contributed by atoms with van der Waals surface area (Å²) in [6.45, 7) is 2.29. The fourth-order valence-corrected chi connectivity index (χ4v) is 1.98. The van der Waals surface area contributed by atoms with Gasteiger partial charge in [-0.1, -0.05) is 0 Å². The van der Waals surface area contributed by atoms with Crippen molar-refractivity contribution in [2.45, 2.75) is 13.5 Å². The number of rotatable bonds is 4. The Labute approximate surface area is 112 Å². The summed E-state index contributed by atoms with van der Waals surface area (Å²) in [4.78, 5) is 8.60. The van der Waals surface area contributed by atoms with Crippen LogP contribution in [0, 0.1) is 6.92 Å². The van der Waals surface area contributed by atoms with Gasteiger partial charge in [0.25, 0.3) is 0 Å². The number of ether oxygens (including phenoxy) is 2. The zero-order chi connectivity index (χ0) is 13.8. The number of nitrogens with two attached hydrogens (primary N) is 1. The molecule has 1 heterocycles. The summed E-state index contributed by atoms with van der Waals surface area (Å²) in [5, 5.41) is 0. The molecule has 5 heteroatoms. The highest BCUT2D eigenvalue weighted by atomic mass is 16.5. The van der Waals surface area contributed by atoms with Crippen molar-refractivity contribution in [2.75, 3.05) is 14.2 Å². The Balaban J connectivity index is 2.66. The summed E-state index contributed by atoms with van der Waals surface area (Å²) in [5.41, 5.74) is 8.99. The zero-order valence-corrected chi connectivity index (χ0v) is 11.3. The Morgan fingerprint density at radius 2 is 1.74 bits per heavy atom. The molecule has 2 N–H and O–H groups in total. The van der Waals surface area contributed by atoms with E-state index in [9.17, 15) is 0 Å². The lowest BCUT2D eigenvalue weighted by molar-refractivity contribution is 0.401. The van der Waals surface area contributed by atoms with E-state index in [1.165, 1.54) is 0 Å². The quantitative estimate of drug-likeness (QED) is 0.908. The Morgan fingerprint density at radius 1 is 1.05 bits per heavy atom. The average Bonchev–Trinajstić information content (AvgIpc) is 2.46. The molecule has 1 aromatic carbocycles. The molecule has 0 saturated heterocycles. The minimum absolute atomic E-state index is 0.322. The first kappa shape index (κ1) is 13.3. The number of methoxy groups -OCH3 is 2. The summed E-state index contributed by atoms with van der Waals surface area (Å²) < 4.78 is 10.8. The number of nitrogens with zero attached hydrogens (tertiary/aromatic N) is 2. The van der Waals surface area contributed by atoms with Crippen LogP contribution in [0.15, 0.2) is 24.5 Å². The summed E-state index contributed by atoms with van der Waals surface area (Å²) >= 11 is 0. The van der Waals surface area contributed by atoms with Crippen molar-refractivity contribution in [3.05, 3.63) is 35.8 Å². The zero-order valence-electron chi connectivity index (χ0n) is 11.3. The fraction of sp³-hybridized carbons (Fsp3) is 0.286. The molecule has 1 aromatic heterocycles. The van der Waals surface area contributed by atoms with Gasteiger partial charge in [0.15, 0.2) is 0 Å². The topological polar surface area (TPSA) is 70.3 Å². The molecule has 0 aliphatic heterocycles. The number of hydrogen-bond donors (Lipinski definition) is 1. The van der Waals surface area contributed by atoms with Crippen molar-refractivity contribution in [1.82, 2.24) is 9.97 Å². The maximum atomic E-state index is 5.71. The maximum absolute atomic E-state index is 5.71. The maximum Gasteiger partial charge on any atom is 0.128 e. The van der Waals surface area contributed by atoms with Crippen molar-refractivity contribution >= 4 is 0 Å². The largest absolute Gasteiger partial charge is 0.496 e. The second-order valence-corrected chi connectivity index (χ2v) is 4.08. The van der Waals surface area contributed by atoms with Gasteiger partial charge in [0, 0.05) is 24.5 Å². The summed E-state index contributed by atoms with van der Waals surface area (Å²) in [7, 11) is 3.27. The van der Waals surface area contributed by atoms with Gasteiger partial charge < -0.3 is 15.2 Å². The highest BCUT2D eigenvalue weighted by Crippen LogP contribution is 2.35. The smallest absolute Gasteiger partial charge is 0.128 e. The van der Waals surface area contributed by atoms with Crippen LogP contribution in [0.2, 0.25) is 0 Å². The van der Waals surface area contributed by atoms with Gasteiger partial charge in [-0.2, -0.15) is 0 Å². The van der Waals surface area contributed by atoms with E-state index in [1.54, 1.807) is 26.6 Å². The van der Waals surface area contributed by atoms with Crippen LogP contribution >= 0.6 is 0 Å². The van der Waals surface area contributed by atoms with Gasteiger partial charge in [0.2, 0.25) is 0 Å². The molecule has 0 spiro atoms. The second-order valence-electron chi connectivity index (χ2n) is 4.08. The van der Waals surface area contributed by atoms with Gasteiger partial charge in [0.05, 0.1) is 25.6 Å². The van der Waals surface area contributed by atoms with Crippen LogP contribution in [0.1, 0.15) is 11.3 Å². The van der Waals surface area contributed by atoms with Gasteiger partial charge in [-0.05, 0) is 24.6 Å². The van der Waals surface area contributed by atoms with Gasteiger partial charge in [0.1, 0.15) is 11.5 Å². The van der Waals surface area contributed by atoms with Gasteiger partial charge >= 0.3 is 0 Å². The molecule has 0 aliphatic rings. The fourth-order valence-electron chi connectivity index (χ4n) is 1.98. The molecule has 19 heavy (non-hydrogen) atoms. The van der Waals surface area contributed by atoms with Gasteiger partial charge in [-0.3, -0.25) is 9.97 Å². The van der Waals surface area contributed by atoms with Crippen LogP contribution in [0.25, 0.3) is 11.3 Å². The molecular weight excluding hydrogens is 242 g/mol. The monoisotopic (exact) mass is 259 g/mol. The number of aromatic nitrogens is 2. The number of hydrogen-bond acceptors (Lipinski definition) is 5. The number of benzene rings is 1. The molecule has 0 radical (unpaired) electrons.